The van der Waals surface area contributed by atoms with Crippen molar-refractivity contribution in [2.24, 2.45) is 5.92 Å². The van der Waals surface area contributed by atoms with Crippen molar-refractivity contribution in [1.82, 2.24) is 20.1 Å². The molecule has 7 nitrogen and oxygen atoms in total. The average molecular weight is 465 g/mol. The quantitative estimate of drug-likeness (QED) is 0.563. The van der Waals surface area contributed by atoms with Crippen LogP contribution in [0, 0.1) is 19.8 Å². The summed E-state index contributed by atoms with van der Waals surface area (Å²) < 4.78 is 7.34. The van der Waals surface area contributed by atoms with Crippen LogP contribution in [0.15, 0.2) is 54.7 Å². The third kappa shape index (κ3) is 4.68. The number of halogens is 1. The fourth-order valence-corrected chi connectivity index (χ4v) is 4.43. The minimum absolute atomic E-state index is 0.0417. The van der Waals surface area contributed by atoms with Crippen molar-refractivity contribution >= 4 is 28.9 Å². The van der Waals surface area contributed by atoms with E-state index in [-0.39, 0.29) is 17.6 Å². The second kappa shape index (κ2) is 9.58. The number of ketones is 1. The van der Waals surface area contributed by atoms with Gasteiger partial charge in [0.1, 0.15) is 11.5 Å². The number of nitrogens with one attached hydrogen (secondary N) is 1. The van der Waals surface area contributed by atoms with Crippen molar-refractivity contribution in [3.8, 4) is 5.69 Å². The lowest BCUT2D eigenvalue weighted by Crippen LogP contribution is -2.27. The zero-order chi connectivity index (χ0) is 23.5. The molecule has 1 amide bonds. The molecule has 0 fully saturated rings. The molecule has 2 aromatic heterocycles. The van der Waals surface area contributed by atoms with Gasteiger partial charge in [0.15, 0.2) is 5.78 Å². The molecule has 170 valence electrons. The first-order valence-electron chi connectivity index (χ1n) is 10.7. The number of allylic oxidation sites excluding steroid dienone is 2. The number of amides is 1. The summed E-state index contributed by atoms with van der Waals surface area (Å²) in [5.41, 5.74) is 4.66. The van der Waals surface area contributed by atoms with Crippen LogP contribution in [0.25, 0.3) is 11.3 Å². The molecule has 33 heavy (non-hydrogen) atoms. The first kappa shape index (κ1) is 22.7. The van der Waals surface area contributed by atoms with E-state index < -0.39 is 0 Å². The van der Waals surface area contributed by atoms with Crippen LogP contribution in [-0.2, 0) is 9.53 Å². The number of aryl methyl sites for hydroxylation is 2. The molecule has 2 heterocycles. The third-order valence-corrected chi connectivity index (χ3v) is 6.03. The number of hydrogen-bond acceptors (Lipinski definition) is 5. The number of pyridine rings is 1. The highest BCUT2D eigenvalue weighted by atomic mass is 35.5. The van der Waals surface area contributed by atoms with Crippen molar-refractivity contribution in [2.45, 2.75) is 26.7 Å². The monoisotopic (exact) mass is 464 g/mol. The lowest BCUT2D eigenvalue weighted by Gasteiger charge is -2.15. The highest BCUT2D eigenvalue weighted by molar-refractivity contribution is 6.30. The molecule has 1 N–H and O–H groups in total. The molecule has 0 aliphatic heterocycles. The summed E-state index contributed by atoms with van der Waals surface area (Å²) in [4.78, 5) is 29.7. The maximum Gasteiger partial charge on any atom is 0.269 e. The molecule has 3 aromatic rings. The number of aromatic nitrogens is 3. The van der Waals surface area contributed by atoms with Crippen LogP contribution in [0.5, 0.6) is 0 Å². The lowest BCUT2D eigenvalue weighted by molar-refractivity contribution is -0.116. The Bertz CT molecular complexity index is 1210. The number of rotatable bonds is 7. The van der Waals surface area contributed by atoms with Gasteiger partial charge in [-0.3, -0.25) is 14.6 Å². The lowest BCUT2D eigenvalue weighted by atomic mass is 9.91. The molecular formula is C25H25ClN4O3. The Hall–Kier alpha value is -3.45. The summed E-state index contributed by atoms with van der Waals surface area (Å²) in [5.74, 6) is 0.228. The van der Waals surface area contributed by atoms with E-state index in [2.05, 4.69) is 15.4 Å². The van der Waals surface area contributed by atoms with Crippen molar-refractivity contribution in [3.05, 3.63) is 82.1 Å². The van der Waals surface area contributed by atoms with Crippen LogP contribution < -0.4 is 5.32 Å². The summed E-state index contributed by atoms with van der Waals surface area (Å²) in [5, 5.41) is 7.67. The van der Waals surface area contributed by atoms with E-state index in [0.29, 0.717) is 41.4 Å². The number of ether oxygens (including phenoxy) is 1. The summed E-state index contributed by atoms with van der Waals surface area (Å²) in [6, 6.07) is 9.15. The molecule has 1 aliphatic carbocycles. The molecule has 1 aromatic carbocycles. The van der Waals surface area contributed by atoms with E-state index in [1.165, 1.54) is 0 Å². The number of carbonyl (C=O) groups excluding carboxylic acids is 2. The van der Waals surface area contributed by atoms with Gasteiger partial charge in [-0.1, -0.05) is 17.7 Å². The van der Waals surface area contributed by atoms with Crippen LogP contribution >= 0.6 is 11.6 Å². The number of carbonyl (C=O) groups is 2. The maximum atomic E-state index is 13.4. The Balaban J connectivity index is 1.51. The Morgan fingerprint density at radius 3 is 2.64 bits per heavy atom. The Kier molecular flexibility index (Phi) is 6.60. The molecule has 8 heteroatoms. The Labute approximate surface area is 197 Å². The second-order valence-electron chi connectivity index (χ2n) is 8.08. The number of benzene rings is 1. The predicted octanol–water partition coefficient (Wildman–Crippen LogP) is 4.30. The van der Waals surface area contributed by atoms with Gasteiger partial charge >= 0.3 is 0 Å². The second-order valence-corrected chi connectivity index (χ2v) is 8.52. The van der Waals surface area contributed by atoms with Crippen LogP contribution in [-0.4, -0.2) is 40.1 Å². The van der Waals surface area contributed by atoms with Gasteiger partial charge in [-0.25, -0.2) is 4.68 Å². The molecule has 4 rings (SSSR count). The van der Waals surface area contributed by atoms with Crippen LogP contribution in [0.4, 0.5) is 0 Å². The van der Waals surface area contributed by atoms with E-state index in [9.17, 15) is 9.59 Å². The Morgan fingerprint density at radius 1 is 1.27 bits per heavy atom. The van der Waals surface area contributed by atoms with Gasteiger partial charge in [0.2, 0.25) is 0 Å². The Morgan fingerprint density at radius 2 is 2.03 bits per heavy atom. The minimum Gasteiger partial charge on any atom is -0.500 e. The zero-order valence-electron chi connectivity index (χ0n) is 18.8. The van der Waals surface area contributed by atoms with Gasteiger partial charge in [-0.05, 0) is 61.2 Å². The van der Waals surface area contributed by atoms with Crippen LogP contribution in [0.3, 0.4) is 0 Å². The van der Waals surface area contributed by atoms with Gasteiger partial charge in [-0.2, -0.15) is 5.10 Å². The minimum atomic E-state index is -0.248. The van der Waals surface area contributed by atoms with Crippen molar-refractivity contribution < 1.29 is 14.3 Å². The maximum absolute atomic E-state index is 13.4. The first-order chi connectivity index (χ1) is 15.9. The van der Waals surface area contributed by atoms with E-state index in [1.807, 2.05) is 26.0 Å². The predicted molar refractivity (Wildman–Crippen MR) is 126 cm³/mol. The molecule has 0 bridgehead atoms. The normalized spacial score (nSPS) is 15.8. The first-order valence-corrected chi connectivity index (χ1v) is 11.1. The largest absolute Gasteiger partial charge is 0.500 e. The van der Waals surface area contributed by atoms with E-state index in [1.54, 1.807) is 48.6 Å². The van der Waals surface area contributed by atoms with Crippen molar-refractivity contribution in [3.63, 3.8) is 0 Å². The van der Waals surface area contributed by atoms with Gasteiger partial charge in [-0.15, -0.1) is 0 Å². The molecule has 1 aliphatic rings. The summed E-state index contributed by atoms with van der Waals surface area (Å²) in [6.45, 7) is 4.34. The van der Waals surface area contributed by atoms with E-state index in [0.717, 1.165) is 22.4 Å². The fourth-order valence-electron chi connectivity index (χ4n) is 4.30. The van der Waals surface area contributed by atoms with Crippen LogP contribution in [0.1, 0.15) is 40.0 Å². The number of nitrogens with zero attached hydrogens (tertiary/aromatic N) is 3. The molecule has 0 spiro atoms. The SMILES string of the molecule is COC1=C(c2c(C)cc(-n3cc(Cl)cn3)cc2C)C(=O)C(CCNC(=O)c2ccccn2)C1. The van der Waals surface area contributed by atoms with E-state index >= 15 is 0 Å². The molecule has 1 unspecified atom stereocenters. The molecular weight excluding hydrogens is 440 g/mol. The molecule has 0 saturated carbocycles. The van der Waals surface area contributed by atoms with Crippen LogP contribution in [0.2, 0.25) is 5.02 Å². The molecule has 0 saturated heterocycles. The van der Waals surface area contributed by atoms with Gasteiger partial charge in [0.25, 0.3) is 5.91 Å². The molecule has 1 atom stereocenters. The zero-order valence-corrected chi connectivity index (χ0v) is 19.5. The van der Waals surface area contributed by atoms with Gasteiger partial charge in [0, 0.05) is 31.3 Å². The smallest absolute Gasteiger partial charge is 0.269 e. The van der Waals surface area contributed by atoms with Gasteiger partial charge in [0.05, 0.1) is 29.6 Å². The van der Waals surface area contributed by atoms with E-state index in [4.69, 9.17) is 16.3 Å². The average Bonchev–Trinajstić information content (AvgIpc) is 3.37. The number of methoxy groups -OCH3 is 1. The highest BCUT2D eigenvalue weighted by Gasteiger charge is 2.36. The summed E-state index contributed by atoms with van der Waals surface area (Å²) in [6.07, 6.45) is 5.94. The third-order valence-electron chi connectivity index (χ3n) is 5.83. The topological polar surface area (TPSA) is 86.1 Å². The summed E-state index contributed by atoms with van der Waals surface area (Å²) >= 11 is 6.01. The fraction of sp³-hybridized carbons (Fsp3) is 0.280. The van der Waals surface area contributed by atoms with Crippen molar-refractivity contribution in [2.75, 3.05) is 13.7 Å². The van der Waals surface area contributed by atoms with Crippen molar-refractivity contribution in [1.29, 1.82) is 0 Å². The summed E-state index contributed by atoms with van der Waals surface area (Å²) in [7, 11) is 1.60. The highest BCUT2D eigenvalue weighted by Crippen LogP contribution is 2.39. The van der Waals surface area contributed by atoms with Gasteiger partial charge < -0.3 is 10.1 Å². The standard InChI is InChI=1S/C25H25ClN4O3/c1-15-10-19(30-14-18(26)13-29-30)11-16(2)22(15)23-21(33-3)12-17(24(23)31)7-9-28-25(32)20-6-4-5-8-27-20/h4-6,8,10-11,13-14,17H,7,9,12H2,1-3H3,(H,28,32). The number of Topliss-reactive ketones (excluding diaryl/α,β-unsaturated/α-hetero) is 1. The molecule has 0 radical (unpaired) electrons. The number of hydrogen-bond donors (Lipinski definition) is 1.